The Morgan fingerprint density at radius 3 is 2.49 bits per heavy atom. The van der Waals surface area contributed by atoms with Crippen molar-refractivity contribution in [3.63, 3.8) is 0 Å². The maximum Gasteiger partial charge on any atom is 0.344 e. The van der Waals surface area contributed by atoms with Crippen molar-refractivity contribution in [3.8, 4) is 46.3 Å². The molecule has 3 aromatic carbocycles. The van der Waals surface area contributed by atoms with E-state index in [2.05, 4.69) is 27.5 Å². The Labute approximate surface area is 457 Å². The Morgan fingerprint density at radius 1 is 1.04 bits per heavy atom. The summed E-state index contributed by atoms with van der Waals surface area (Å²) < 4.78 is 37.5. The summed E-state index contributed by atoms with van der Waals surface area (Å²) in [5.41, 5.74) is 0.532. The van der Waals surface area contributed by atoms with Crippen LogP contribution >= 0.6 is 0 Å². The number of aliphatic hydroxyl groups is 7. The minimum Gasteiger partial charge on any atom is -0.504 e. The Kier molecular flexibility index (Phi) is 16.7. The fourth-order valence-electron chi connectivity index (χ4n) is 12.9. The molecule has 0 aromatic heterocycles. The van der Waals surface area contributed by atoms with Crippen LogP contribution < -0.4 is 35.3 Å². The Bertz CT molecular complexity index is 2860. The molecule has 0 amide bonds. The zero-order valence-corrected chi connectivity index (χ0v) is 44.8. The maximum atomic E-state index is 14.7. The van der Waals surface area contributed by atoms with Gasteiger partial charge in [0, 0.05) is 78.8 Å². The normalized spacial score (nSPS) is 30.1. The summed E-state index contributed by atoms with van der Waals surface area (Å²) in [6.07, 6.45) is -9.57. The van der Waals surface area contributed by atoms with E-state index in [1.165, 1.54) is 6.07 Å². The lowest BCUT2D eigenvalue weighted by Crippen LogP contribution is -2.76. The third-order valence-corrected chi connectivity index (χ3v) is 17.0. The molecule has 4 bridgehead atoms. The minimum absolute atomic E-state index is 0.0250. The summed E-state index contributed by atoms with van der Waals surface area (Å²) >= 11 is 0. The van der Waals surface area contributed by atoms with Crippen LogP contribution in [0, 0.1) is 29.6 Å². The van der Waals surface area contributed by atoms with Crippen LogP contribution in [0.5, 0.6) is 34.5 Å². The van der Waals surface area contributed by atoms with Gasteiger partial charge in [0.15, 0.2) is 41.3 Å². The molecule has 6 aliphatic rings. The summed E-state index contributed by atoms with van der Waals surface area (Å²) in [5, 5.41) is 126. The molecule has 5 aliphatic heterocycles. The predicted octanol–water partition coefficient (Wildman–Crippen LogP) is 3.01. The minimum atomic E-state index is -2.86. The van der Waals surface area contributed by atoms with Gasteiger partial charge in [-0.05, 0) is 62.5 Å². The van der Waals surface area contributed by atoms with Crippen molar-refractivity contribution in [3.05, 3.63) is 63.7 Å². The molecule has 1 saturated carbocycles. The molecule has 0 radical (unpaired) electrons. The second-order valence-electron chi connectivity index (χ2n) is 22.2. The third kappa shape index (κ3) is 10.3. The number of anilines is 1. The fraction of sp³-hybridized carbons (Fsp3) is 0.596. The first-order valence-corrected chi connectivity index (χ1v) is 27.3. The van der Waals surface area contributed by atoms with Gasteiger partial charge in [0.1, 0.15) is 23.4 Å². The molecule has 1 saturated heterocycles. The monoisotopic (exact) mass is 1100 g/mol. The van der Waals surface area contributed by atoms with Crippen molar-refractivity contribution in [1.82, 2.24) is 5.32 Å². The Balaban J connectivity index is 1.20. The fourth-order valence-corrected chi connectivity index (χ4v) is 12.9. The van der Waals surface area contributed by atoms with Gasteiger partial charge in [-0.3, -0.25) is 0 Å². The van der Waals surface area contributed by atoms with E-state index in [4.69, 9.17) is 34.2 Å². The number of unbranched alkanes of at least 4 members (excludes halogenated alkanes) is 1. The van der Waals surface area contributed by atoms with Crippen LogP contribution in [0.4, 0.5) is 5.69 Å². The molecule has 22 nitrogen and oxygen atoms in total. The lowest BCUT2D eigenvalue weighted by Gasteiger charge is -2.55. The summed E-state index contributed by atoms with van der Waals surface area (Å²) in [4.78, 5) is 32.5. The second kappa shape index (κ2) is 23.1. The number of carboxylic acid groups (broad SMARTS) is 1. The van der Waals surface area contributed by atoms with E-state index >= 15 is 0 Å². The first kappa shape index (κ1) is 57.4. The zero-order valence-electron chi connectivity index (χ0n) is 44.8. The Hall–Kier alpha value is -6.29. The first-order chi connectivity index (χ1) is 37.7. The first-order valence-electron chi connectivity index (χ1n) is 27.3. The summed E-state index contributed by atoms with van der Waals surface area (Å²) in [5.74, 6) is -2.84. The van der Waals surface area contributed by atoms with Gasteiger partial charge in [-0.2, -0.15) is 0 Å². The van der Waals surface area contributed by atoms with E-state index in [0.717, 1.165) is 17.5 Å². The highest BCUT2D eigenvalue weighted by molar-refractivity contribution is 5.99. The van der Waals surface area contributed by atoms with Gasteiger partial charge in [0.2, 0.25) is 24.1 Å². The zero-order chi connectivity index (χ0) is 56.7. The molecular formula is C57H74N4O18. The SMILES string of the molecule is CCc1cccc(CCOc2c(O)c3c4c(c2O)C(=O)O[C@@H](O)[C@@]2(C[C@H]4[C@@H](O)CCO3)O[C@H]3Oc4c(OCN=C(N)NCCCCO)cc(C(=O)O)c5c4C4(CCCC4)[C@H](C#CC[C@@](O)([C@H]3O)[C@@H]2O)[C@H]([C@H](O)C(C)C)[C@@H](C)N5)c1. The highest BCUT2D eigenvalue weighted by atomic mass is 16.7. The van der Waals surface area contributed by atoms with Crippen molar-refractivity contribution >= 4 is 23.6 Å². The van der Waals surface area contributed by atoms with E-state index in [9.17, 15) is 60.7 Å². The molecule has 2 spiro atoms. The molecule has 5 heterocycles. The average Bonchev–Trinajstić information content (AvgIpc) is 4.11. The van der Waals surface area contributed by atoms with E-state index in [-0.39, 0.29) is 77.7 Å². The number of guanidine groups is 1. The maximum absolute atomic E-state index is 14.7. The van der Waals surface area contributed by atoms with Crippen LogP contribution in [-0.2, 0) is 27.7 Å². The van der Waals surface area contributed by atoms with E-state index < -0.39 is 132 Å². The molecule has 1 aliphatic carbocycles. The van der Waals surface area contributed by atoms with E-state index in [0.29, 0.717) is 51.5 Å². The highest BCUT2D eigenvalue weighted by Gasteiger charge is 2.68. The molecule has 79 heavy (non-hydrogen) atoms. The van der Waals surface area contributed by atoms with Crippen LogP contribution in [0.1, 0.15) is 134 Å². The molecule has 12 atom stereocenters. The number of aliphatic hydroxyl groups excluding tert-OH is 6. The van der Waals surface area contributed by atoms with Gasteiger partial charge in [-0.25, -0.2) is 14.6 Å². The number of aromatic hydroxyl groups is 2. The average molecular weight is 1100 g/mol. The smallest absolute Gasteiger partial charge is 0.344 e. The molecule has 430 valence electrons. The number of nitrogens with one attached hydrogen (secondary N) is 2. The third-order valence-electron chi connectivity index (χ3n) is 17.0. The summed E-state index contributed by atoms with van der Waals surface area (Å²) in [6, 6.07) is 8.28. The van der Waals surface area contributed by atoms with Gasteiger partial charge >= 0.3 is 11.9 Å². The lowest BCUT2D eigenvalue weighted by atomic mass is 9.61. The number of hydrogen-bond acceptors (Lipinski definition) is 19. The van der Waals surface area contributed by atoms with Crippen molar-refractivity contribution in [1.29, 1.82) is 0 Å². The van der Waals surface area contributed by atoms with Crippen molar-refractivity contribution < 1.29 is 89.1 Å². The number of esters is 1. The number of phenols is 2. The number of aryl methyl sites for hydroxylation is 1. The number of carboxylic acids is 1. The number of hydrogen-bond donors (Lipinski definition) is 13. The number of ether oxygens (including phenoxy) is 6. The number of aromatic carboxylic acids is 1. The van der Waals surface area contributed by atoms with Gasteiger partial charge < -0.3 is 95.9 Å². The number of fused-ring (bicyclic) bond motifs is 2. The van der Waals surface area contributed by atoms with Crippen molar-refractivity contribution in [2.24, 2.45) is 28.5 Å². The molecule has 0 unspecified atom stereocenters. The number of rotatable bonds is 15. The number of nitrogens with zero attached hydrogens (tertiary/aromatic N) is 1. The molecule has 9 rings (SSSR count). The van der Waals surface area contributed by atoms with E-state index in [1.807, 2.05) is 52.0 Å². The molecular weight excluding hydrogens is 1030 g/mol. The number of carbonyl (C=O) groups is 2. The van der Waals surface area contributed by atoms with Gasteiger partial charge in [0.05, 0.1) is 36.7 Å². The van der Waals surface area contributed by atoms with Gasteiger partial charge in [0.25, 0.3) is 0 Å². The van der Waals surface area contributed by atoms with Crippen molar-refractivity contribution in [2.45, 2.75) is 164 Å². The Morgan fingerprint density at radius 2 is 1.78 bits per heavy atom. The van der Waals surface area contributed by atoms with Crippen LogP contribution in [0.3, 0.4) is 0 Å². The summed E-state index contributed by atoms with van der Waals surface area (Å²) in [6.45, 7) is 7.00. The standard InChI is InChI=1S/C57H74N4O18/c1-5-30-12-10-13-31(24-30)15-22-75-47-43(65)39-38-33(35(63)16-23-74-46(38)44(47)66)26-57(53(72)78-50(39)70)52(71)56(73)19-11-14-34-37(42(64)28(2)3)29(4)61-41-32(49(68)69)25-36(76-27-60-54(58)59-20-8-9-21-62)45(77-51(79-57)48(56)67)40(41)55(34)17-6-7-18-55/h10,12-13,24-25,28-29,33-35,37,42,48,51-53,61-67,71-73H,5-9,15-23,26-27H2,1-4H3,(H,68,69)(H3,58,59,60)/t29-,33+,34-,35+,37-,42-,48+,51-,52+,53-,56-,57+/m1/s1. The largest absolute Gasteiger partial charge is 0.504 e. The van der Waals surface area contributed by atoms with Gasteiger partial charge in [-0.1, -0.05) is 69.7 Å². The number of nitrogens with two attached hydrogens (primary N) is 1. The predicted molar refractivity (Wildman–Crippen MR) is 283 cm³/mol. The molecule has 14 N–H and O–H groups in total. The van der Waals surface area contributed by atoms with Crippen LogP contribution in [0.15, 0.2) is 35.3 Å². The summed E-state index contributed by atoms with van der Waals surface area (Å²) in [7, 11) is 0. The van der Waals surface area contributed by atoms with E-state index in [1.54, 1.807) is 0 Å². The molecule has 2 fully saturated rings. The number of phenolic OH excluding ortho intramolecular Hbond substituents is 2. The van der Waals surface area contributed by atoms with Gasteiger partial charge in [-0.15, -0.1) is 0 Å². The van der Waals surface area contributed by atoms with Crippen LogP contribution in [-0.4, -0.2) is 156 Å². The second-order valence-corrected chi connectivity index (χ2v) is 22.2. The lowest BCUT2D eigenvalue weighted by molar-refractivity contribution is -0.382. The molecule has 3 aromatic rings. The van der Waals surface area contributed by atoms with Crippen molar-refractivity contribution in [2.75, 3.05) is 38.4 Å². The number of carbonyl (C=O) groups excluding carboxylic acids is 1. The highest BCUT2D eigenvalue weighted by Crippen LogP contribution is 2.62. The quantitative estimate of drug-likeness (QED) is 0.0342. The number of aliphatic imine (C=N–C) groups is 1. The number of benzene rings is 3. The van der Waals surface area contributed by atoms with Crippen LogP contribution in [0.25, 0.3) is 0 Å². The molecule has 22 heteroatoms. The topological polar surface area (TPSA) is 354 Å². The van der Waals surface area contributed by atoms with Crippen LogP contribution in [0.2, 0.25) is 0 Å². The number of cyclic esters (lactones) is 1.